The van der Waals surface area contributed by atoms with Crippen LogP contribution in [0.15, 0.2) is 34.7 Å². The highest BCUT2D eigenvalue weighted by atomic mass is 19.4. The highest BCUT2D eigenvalue weighted by molar-refractivity contribution is 6.09. The maximum Gasteiger partial charge on any atom is 0.422 e. The van der Waals surface area contributed by atoms with Crippen LogP contribution in [0.25, 0.3) is 0 Å². The van der Waals surface area contributed by atoms with Crippen LogP contribution in [-0.4, -0.2) is 46.7 Å². The second kappa shape index (κ2) is 7.36. The molecular weight excluding hydrogens is 389 g/mol. The number of halogens is 3. The largest absolute Gasteiger partial charge is 0.422 e. The number of aromatic nitrogens is 1. The number of hydrogen-bond acceptors (Lipinski definition) is 7. The lowest BCUT2D eigenvalue weighted by molar-refractivity contribution is -0.244. The molecule has 154 valence electrons. The van der Waals surface area contributed by atoms with E-state index in [9.17, 15) is 23.1 Å². The number of amides is 1. The van der Waals surface area contributed by atoms with Gasteiger partial charge in [-0.1, -0.05) is 0 Å². The van der Waals surface area contributed by atoms with Gasteiger partial charge in [-0.15, -0.1) is 0 Å². The van der Waals surface area contributed by atoms with Gasteiger partial charge >= 0.3 is 6.18 Å². The van der Waals surface area contributed by atoms with E-state index >= 15 is 0 Å². The summed E-state index contributed by atoms with van der Waals surface area (Å²) in [6.07, 6.45) is -2.57. The number of amidine groups is 1. The van der Waals surface area contributed by atoms with Crippen molar-refractivity contribution in [3.63, 3.8) is 0 Å². The molecule has 8 nitrogen and oxygen atoms in total. The Morgan fingerprint density at radius 2 is 2.00 bits per heavy atom. The molecule has 29 heavy (non-hydrogen) atoms. The van der Waals surface area contributed by atoms with E-state index in [0.29, 0.717) is 31.5 Å². The van der Waals surface area contributed by atoms with Crippen LogP contribution in [0.1, 0.15) is 24.8 Å². The number of nitrogens with zero attached hydrogens (tertiary/aromatic N) is 4. The summed E-state index contributed by atoms with van der Waals surface area (Å²) in [7, 11) is 0. The zero-order valence-corrected chi connectivity index (χ0v) is 15.3. The highest BCUT2D eigenvalue weighted by Crippen LogP contribution is 2.43. The van der Waals surface area contributed by atoms with Crippen molar-refractivity contribution in [1.82, 2.24) is 4.98 Å². The summed E-state index contributed by atoms with van der Waals surface area (Å²) in [6.45, 7) is 0.908. The predicted octanol–water partition coefficient (Wildman–Crippen LogP) is 0.963. The van der Waals surface area contributed by atoms with Gasteiger partial charge in [0.1, 0.15) is 11.9 Å². The molecular formula is C18H19F3N6O2. The summed E-state index contributed by atoms with van der Waals surface area (Å²) in [4.78, 5) is 20.8. The van der Waals surface area contributed by atoms with Gasteiger partial charge in [-0.25, -0.2) is 0 Å². The normalized spacial score (nSPS) is 25.4. The quantitative estimate of drug-likeness (QED) is 0.662. The number of carbonyl (C=O) groups is 1. The SMILES string of the molecule is N#Cc1cncc(N2CCC(C(N)=C3C(N)=NC(=O)CC3(O)C(F)(F)F)CC2)c1. The third kappa shape index (κ3) is 3.75. The Kier molecular flexibility index (Phi) is 5.23. The first kappa shape index (κ1) is 20.6. The number of allylic oxidation sites excluding steroid dienone is 1. The van der Waals surface area contributed by atoms with Crippen LogP contribution in [0.2, 0.25) is 0 Å². The molecule has 1 fully saturated rings. The summed E-state index contributed by atoms with van der Waals surface area (Å²) in [5, 5.41) is 19.3. The average molecular weight is 408 g/mol. The Morgan fingerprint density at radius 3 is 2.59 bits per heavy atom. The van der Waals surface area contributed by atoms with Gasteiger partial charge in [-0.2, -0.15) is 23.4 Å². The molecule has 3 heterocycles. The molecule has 11 heteroatoms. The Bertz CT molecular complexity index is 928. The number of rotatable bonds is 2. The molecule has 2 aliphatic heterocycles. The van der Waals surface area contributed by atoms with E-state index in [1.165, 1.54) is 6.20 Å². The number of anilines is 1. The van der Waals surface area contributed by atoms with Crippen molar-refractivity contribution in [2.75, 3.05) is 18.0 Å². The Balaban J connectivity index is 1.87. The van der Waals surface area contributed by atoms with Gasteiger partial charge in [0.15, 0.2) is 5.60 Å². The van der Waals surface area contributed by atoms with Crippen LogP contribution in [0.5, 0.6) is 0 Å². The van der Waals surface area contributed by atoms with E-state index < -0.39 is 41.4 Å². The van der Waals surface area contributed by atoms with E-state index in [0.717, 1.165) is 5.69 Å². The minimum Gasteiger partial charge on any atom is -0.401 e. The fourth-order valence-corrected chi connectivity index (χ4v) is 3.69. The van der Waals surface area contributed by atoms with Crippen molar-refractivity contribution in [1.29, 1.82) is 5.26 Å². The molecule has 0 radical (unpaired) electrons. The van der Waals surface area contributed by atoms with E-state index in [2.05, 4.69) is 9.98 Å². The van der Waals surface area contributed by atoms with E-state index in [1.54, 1.807) is 12.3 Å². The van der Waals surface area contributed by atoms with Crippen molar-refractivity contribution >= 4 is 17.4 Å². The summed E-state index contributed by atoms with van der Waals surface area (Å²) < 4.78 is 40.7. The van der Waals surface area contributed by atoms with Crippen molar-refractivity contribution in [3.8, 4) is 6.07 Å². The van der Waals surface area contributed by atoms with Gasteiger partial charge < -0.3 is 21.5 Å². The summed E-state index contributed by atoms with van der Waals surface area (Å²) in [6, 6.07) is 3.68. The number of hydrogen-bond donors (Lipinski definition) is 3. The molecule has 0 spiro atoms. The highest BCUT2D eigenvalue weighted by Gasteiger charge is 2.60. The lowest BCUT2D eigenvalue weighted by Crippen LogP contribution is -2.55. The molecule has 0 bridgehead atoms. The fraction of sp³-hybridized carbons (Fsp3) is 0.444. The summed E-state index contributed by atoms with van der Waals surface area (Å²) in [5.74, 6) is -2.34. The predicted molar refractivity (Wildman–Crippen MR) is 97.4 cm³/mol. The third-order valence-corrected chi connectivity index (χ3v) is 5.23. The van der Waals surface area contributed by atoms with Crippen molar-refractivity contribution in [3.05, 3.63) is 35.3 Å². The second-order valence-electron chi connectivity index (χ2n) is 7.06. The van der Waals surface area contributed by atoms with Gasteiger partial charge in [-0.3, -0.25) is 9.78 Å². The van der Waals surface area contributed by atoms with E-state index in [-0.39, 0.29) is 5.70 Å². The smallest absolute Gasteiger partial charge is 0.401 e. The lowest BCUT2D eigenvalue weighted by Gasteiger charge is -2.38. The van der Waals surface area contributed by atoms with Crippen LogP contribution in [-0.2, 0) is 4.79 Å². The molecule has 0 aliphatic carbocycles. The number of aliphatic hydroxyl groups is 1. The van der Waals surface area contributed by atoms with Gasteiger partial charge in [-0.05, 0) is 18.9 Å². The Labute approximate surface area is 164 Å². The van der Waals surface area contributed by atoms with Crippen molar-refractivity contribution in [2.45, 2.75) is 31.0 Å². The van der Waals surface area contributed by atoms with Gasteiger partial charge in [0, 0.05) is 30.9 Å². The molecule has 1 amide bonds. The average Bonchev–Trinajstić information content (AvgIpc) is 2.66. The molecule has 1 aromatic heterocycles. The summed E-state index contributed by atoms with van der Waals surface area (Å²) in [5.41, 5.74) is 8.36. The number of alkyl halides is 3. The van der Waals surface area contributed by atoms with Gasteiger partial charge in [0.25, 0.3) is 5.91 Å². The molecule has 5 N–H and O–H groups in total. The van der Waals surface area contributed by atoms with Crippen LogP contribution in [0.4, 0.5) is 18.9 Å². The maximum absolute atomic E-state index is 13.6. The number of nitrogens with two attached hydrogens (primary N) is 2. The lowest BCUT2D eigenvalue weighted by atomic mass is 9.80. The number of pyridine rings is 1. The Hall–Kier alpha value is -3.13. The third-order valence-electron chi connectivity index (χ3n) is 5.23. The zero-order valence-electron chi connectivity index (χ0n) is 15.3. The number of carbonyl (C=O) groups excluding carboxylic acids is 1. The molecule has 1 atom stereocenters. The van der Waals surface area contributed by atoms with Gasteiger partial charge in [0.2, 0.25) is 0 Å². The van der Waals surface area contributed by atoms with E-state index in [1.807, 2.05) is 11.0 Å². The topological polar surface area (TPSA) is 142 Å². The number of piperidine rings is 1. The van der Waals surface area contributed by atoms with Crippen LogP contribution in [0.3, 0.4) is 0 Å². The first-order valence-electron chi connectivity index (χ1n) is 8.83. The fourth-order valence-electron chi connectivity index (χ4n) is 3.69. The second-order valence-corrected chi connectivity index (χ2v) is 7.06. The van der Waals surface area contributed by atoms with Gasteiger partial charge in [0.05, 0.1) is 29.4 Å². The van der Waals surface area contributed by atoms with E-state index in [4.69, 9.17) is 16.7 Å². The molecule has 3 rings (SSSR count). The zero-order chi connectivity index (χ0) is 21.4. The van der Waals surface area contributed by atoms with Crippen LogP contribution in [0, 0.1) is 17.2 Å². The first-order valence-corrected chi connectivity index (χ1v) is 8.83. The van der Waals surface area contributed by atoms with Crippen molar-refractivity contribution < 1.29 is 23.1 Å². The standard InChI is InChI=1S/C18H19F3N6O2/c19-18(20,21)17(29)6-13(28)26-16(24)14(17)15(23)11-1-3-27(4-2-11)12-5-10(7-22)8-25-9-12/h5,8-9,11,29H,1-4,6,23H2,(H2,24,26,28). The minimum absolute atomic E-state index is 0.206. The monoisotopic (exact) mass is 408 g/mol. The summed E-state index contributed by atoms with van der Waals surface area (Å²) >= 11 is 0. The molecule has 1 saturated heterocycles. The Morgan fingerprint density at radius 1 is 1.34 bits per heavy atom. The minimum atomic E-state index is -5.13. The number of aliphatic imine (C=N–C) groups is 1. The van der Waals surface area contributed by atoms with Crippen molar-refractivity contribution in [2.24, 2.45) is 22.4 Å². The first-order chi connectivity index (χ1) is 13.6. The molecule has 1 aromatic rings. The molecule has 2 aliphatic rings. The van der Waals surface area contributed by atoms with Crippen LogP contribution >= 0.6 is 0 Å². The van der Waals surface area contributed by atoms with Crippen LogP contribution < -0.4 is 16.4 Å². The maximum atomic E-state index is 13.6. The molecule has 1 unspecified atom stereocenters. The number of nitriles is 1. The molecule has 0 saturated carbocycles. The molecule has 0 aromatic carbocycles.